The van der Waals surface area contributed by atoms with E-state index in [0.29, 0.717) is 11.1 Å². The zero-order valence-corrected chi connectivity index (χ0v) is 11.6. The summed E-state index contributed by atoms with van der Waals surface area (Å²) in [5.74, 6) is -0.913. The second kappa shape index (κ2) is 5.53. The molecule has 0 atom stereocenters. The first kappa shape index (κ1) is 13.7. The van der Waals surface area contributed by atoms with E-state index in [4.69, 9.17) is 7.85 Å². The Hall–Kier alpha value is -1.68. The van der Waals surface area contributed by atoms with Gasteiger partial charge in [-0.15, -0.1) is 0 Å². The van der Waals surface area contributed by atoms with Crippen molar-refractivity contribution in [2.75, 3.05) is 0 Å². The van der Waals surface area contributed by atoms with Crippen LogP contribution in [0.5, 0.6) is 0 Å². The average Bonchev–Trinajstić information content (AvgIpc) is 2.47. The van der Waals surface area contributed by atoms with Crippen LogP contribution in [0.1, 0.15) is 20.7 Å². The Labute approximate surface area is 121 Å². The topological polar surface area (TPSA) is 34.1 Å². The molecule has 92 valence electrons. The van der Waals surface area contributed by atoms with Gasteiger partial charge >= 0.3 is 0 Å². The lowest BCUT2D eigenvalue weighted by atomic mass is 9.75. The molecule has 2 aromatic carbocycles. The Kier molecular flexibility index (Phi) is 4.00. The van der Waals surface area contributed by atoms with Gasteiger partial charge in [-0.3, -0.25) is 9.59 Å². The Morgan fingerprint density at radius 1 is 0.789 bits per heavy atom. The van der Waals surface area contributed by atoms with E-state index in [2.05, 4.69) is 15.9 Å². The number of halogens is 1. The molecule has 2 rings (SSSR count). The van der Waals surface area contributed by atoms with Crippen LogP contribution in [-0.2, 0) is 0 Å². The molecule has 4 heteroatoms. The van der Waals surface area contributed by atoms with Crippen LogP contribution in [-0.4, -0.2) is 23.6 Å². The van der Waals surface area contributed by atoms with Crippen molar-refractivity contribution in [3.05, 3.63) is 71.8 Å². The van der Waals surface area contributed by atoms with Crippen LogP contribution in [0.15, 0.2) is 60.7 Å². The molecule has 2 nitrogen and oxygen atoms in total. The largest absolute Gasteiger partial charge is 0.293 e. The molecule has 0 unspecified atom stereocenters. The number of rotatable bonds is 4. The molecule has 0 aliphatic carbocycles. The van der Waals surface area contributed by atoms with Gasteiger partial charge in [-0.05, 0) is 0 Å². The third-order valence-electron chi connectivity index (χ3n) is 2.73. The summed E-state index contributed by atoms with van der Waals surface area (Å²) in [4.78, 5) is 24.6. The number of carbonyl (C=O) groups excluding carboxylic acids is 2. The zero-order chi connectivity index (χ0) is 13.9. The highest BCUT2D eigenvalue weighted by Crippen LogP contribution is 2.25. The average molecular weight is 313 g/mol. The van der Waals surface area contributed by atoms with Crippen LogP contribution in [0.3, 0.4) is 0 Å². The van der Waals surface area contributed by atoms with Crippen LogP contribution in [0.4, 0.5) is 0 Å². The molecule has 2 radical (unpaired) electrons. The number of hydrogen-bond acceptors (Lipinski definition) is 2. The minimum absolute atomic E-state index is 0.395. The van der Waals surface area contributed by atoms with E-state index in [1.165, 1.54) is 0 Å². The monoisotopic (exact) mass is 312 g/mol. The van der Waals surface area contributed by atoms with Gasteiger partial charge in [0.2, 0.25) is 0 Å². The zero-order valence-electron chi connectivity index (χ0n) is 10.0. The molecule has 0 N–H and O–H groups in total. The predicted molar refractivity (Wildman–Crippen MR) is 79.0 cm³/mol. The highest BCUT2D eigenvalue weighted by Gasteiger charge is 2.38. The van der Waals surface area contributed by atoms with Crippen LogP contribution in [0.2, 0.25) is 0 Å². The summed E-state index contributed by atoms with van der Waals surface area (Å²) >= 11 is 3.06. The van der Waals surface area contributed by atoms with Crippen molar-refractivity contribution in [2.24, 2.45) is 0 Å². The van der Waals surface area contributed by atoms with E-state index in [-0.39, 0.29) is 0 Å². The molecule has 19 heavy (non-hydrogen) atoms. The van der Waals surface area contributed by atoms with Gasteiger partial charge in [-0.2, -0.15) is 0 Å². The molecule has 0 aromatic heterocycles. The van der Waals surface area contributed by atoms with E-state index in [9.17, 15) is 9.59 Å². The normalized spacial score (nSPS) is 11.0. The number of alkyl halides is 1. The molecule has 0 heterocycles. The van der Waals surface area contributed by atoms with E-state index < -0.39 is 15.8 Å². The number of ketones is 2. The van der Waals surface area contributed by atoms with E-state index >= 15 is 0 Å². The second-order valence-corrected chi connectivity index (χ2v) is 5.35. The van der Waals surface area contributed by atoms with E-state index in [1.54, 1.807) is 60.7 Å². The minimum Gasteiger partial charge on any atom is -0.293 e. The maximum absolute atomic E-state index is 12.3. The fourth-order valence-corrected chi connectivity index (χ4v) is 2.16. The predicted octanol–water partition coefficient (Wildman–Crippen LogP) is 3.01. The quantitative estimate of drug-likeness (QED) is 0.376. The lowest BCUT2D eigenvalue weighted by molar-refractivity contribution is 0.0886. The summed E-state index contributed by atoms with van der Waals surface area (Å²) in [6, 6.07) is 17.0. The Balaban J connectivity index is 2.33. The van der Waals surface area contributed by atoms with Crippen molar-refractivity contribution < 1.29 is 9.59 Å². The van der Waals surface area contributed by atoms with Crippen LogP contribution in [0, 0.1) is 0 Å². The molecular formula is C15H10BBrO2. The summed E-state index contributed by atoms with van der Waals surface area (Å²) in [7, 11) is 5.89. The summed E-state index contributed by atoms with van der Waals surface area (Å²) in [5.41, 5.74) is 0.789. The van der Waals surface area contributed by atoms with Gasteiger partial charge in [0.05, 0.1) is 0 Å². The van der Waals surface area contributed by atoms with Gasteiger partial charge in [0, 0.05) is 11.1 Å². The van der Waals surface area contributed by atoms with Crippen LogP contribution in [0.25, 0.3) is 0 Å². The number of benzene rings is 2. The number of Topliss-reactive ketones (excluding diaryl/α,β-unsaturated/α-hetero) is 2. The molecule has 0 aliphatic rings. The first-order chi connectivity index (χ1) is 9.03. The molecule has 0 spiro atoms. The SMILES string of the molecule is [B]C(Br)(C(=O)c1ccccc1)C(=O)c1ccccc1. The van der Waals surface area contributed by atoms with E-state index in [1.807, 2.05) is 0 Å². The second-order valence-electron chi connectivity index (χ2n) is 4.10. The van der Waals surface area contributed by atoms with Gasteiger partial charge < -0.3 is 0 Å². The summed E-state index contributed by atoms with van der Waals surface area (Å²) in [6.07, 6.45) is 0. The van der Waals surface area contributed by atoms with Crippen molar-refractivity contribution in [3.8, 4) is 0 Å². The Morgan fingerprint density at radius 2 is 1.11 bits per heavy atom. The lowest BCUT2D eigenvalue weighted by Gasteiger charge is -2.20. The third-order valence-corrected chi connectivity index (χ3v) is 3.45. The number of hydrogen-bond donors (Lipinski definition) is 0. The highest BCUT2D eigenvalue weighted by molar-refractivity contribution is 9.11. The van der Waals surface area contributed by atoms with Crippen molar-refractivity contribution in [3.63, 3.8) is 0 Å². The van der Waals surface area contributed by atoms with Gasteiger partial charge in [0.25, 0.3) is 0 Å². The lowest BCUT2D eigenvalue weighted by Crippen LogP contribution is -2.41. The highest BCUT2D eigenvalue weighted by atomic mass is 79.9. The van der Waals surface area contributed by atoms with Crippen LogP contribution < -0.4 is 0 Å². The van der Waals surface area contributed by atoms with Gasteiger partial charge in [-0.25, -0.2) is 0 Å². The van der Waals surface area contributed by atoms with Crippen molar-refractivity contribution >= 4 is 35.3 Å². The fraction of sp³-hybridized carbons (Fsp3) is 0.0667. The maximum Gasteiger partial charge on any atom is 0.178 e. The molecule has 0 saturated carbocycles. The molecule has 0 fully saturated rings. The number of carbonyl (C=O) groups is 2. The Morgan fingerprint density at radius 3 is 1.42 bits per heavy atom. The molecule has 2 aromatic rings. The Bertz CT molecular complexity index is 541. The molecule has 0 aliphatic heterocycles. The summed E-state index contributed by atoms with van der Waals surface area (Å²) in [6.45, 7) is 0. The molecular weight excluding hydrogens is 303 g/mol. The van der Waals surface area contributed by atoms with Crippen LogP contribution >= 0.6 is 15.9 Å². The first-order valence-electron chi connectivity index (χ1n) is 5.71. The van der Waals surface area contributed by atoms with Gasteiger partial charge in [0.15, 0.2) is 11.6 Å². The van der Waals surface area contributed by atoms with Crippen molar-refractivity contribution in [1.29, 1.82) is 0 Å². The van der Waals surface area contributed by atoms with Gasteiger partial charge in [-0.1, -0.05) is 76.6 Å². The fourth-order valence-electron chi connectivity index (χ4n) is 1.70. The maximum atomic E-state index is 12.3. The van der Waals surface area contributed by atoms with Crippen molar-refractivity contribution in [1.82, 2.24) is 0 Å². The summed E-state index contributed by atoms with van der Waals surface area (Å²) in [5, 5.41) is 0. The smallest absolute Gasteiger partial charge is 0.178 e. The van der Waals surface area contributed by atoms with E-state index in [0.717, 1.165) is 0 Å². The first-order valence-corrected chi connectivity index (χ1v) is 6.50. The van der Waals surface area contributed by atoms with Gasteiger partial charge in [0.1, 0.15) is 12.1 Å². The molecule has 0 bridgehead atoms. The standard InChI is InChI=1S/C15H10BBrO2/c16-15(17,13(18)11-7-3-1-4-8-11)14(19)12-9-5-2-6-10-12/h1-10H. The van der Waals surface area contributed by atoms with Crippen molar-refractivity contribution in [2.45, 2.75) is 4.22 Å². The molecule has 0 amide bonds. The molecule has 0 saturated heterocycles. The third kappa shape index (κ3) is 2.84. The minimum atomic E-state index is -1.74. The summed E-state index contributed by atoms with van der Waals surface area (Å²) < 4.78 is -1.74.